The zero-order valence-corrected chi connectivity index (χ0v) is 13.3. The molecule has 7 nitrogen and oxygen atoms in total. The predicted octanol–water partition coefficient (Wildman–Crippen LogP) is 2.31. The van der Waals surface area contributed by atoms with Gasteiger partial charge in [-0.2, -0.15) is 0 Å². The molecule has 24 heavy (non-hydrogen) atoms. The van der Waals surface area contributed by atoms with Gasteiger partial charge in [0.25, 0.3) is 0 Å². The smallest absolute Gasteiger partial charge is 0.490 e. The van der Waals surface area contributed by atoms with Crippen LogP contribution in [0.4, 0.5) is 4.79 Å². The summed E-state index contributed by atoms with van der Waals surface area (Å²) < 4.78 is 19.5. The highest BCUT2D eigenvalue weighted by Crippen LogP contribution is 2.12. The molecule has 0 saturated heterocycles. The lowest BCUT2D eigenvalue weighted by Gasteiger charge is -2.08. The third-order valence-corrected chi connectivity index (χ3v) is 2.60. The number of rotatable bonds is 9. The van der Waals surface area contributed by atoms with Crippen LogP contribution in [0.5, 0.6) is 5.75 Å². The van der Waals surface area contributed by atoms with Crippen LogP contribution < -0.4 is 4.74 Å². The van der Waals surface area contributed by atoms with Gasteiger partial charge in [0.1, 0.15) is 32.2 Å². The van der Waals surface area contributed by atoms with Crippen LogP contribution in [0.25, 0.3) is 0 Å². The number of carbonyl (C=O) groups is 3. The summed E-state index contributed by atoms with van der Waals surface area (Å²) in [5.74, 6) is -0.0934. The van der Waals surface area contributed by atoms with E-state index in [1.807, 2.05) is 0 Å². The minimum Gasteiger partial charge on any atom is -0.490 e. The summed E-state index contributed by atoms with van der Waals surface area (Å²) in [6.45, 7) is 4.61. The third-order valence-electron chi connectivity index (χ3n) is 2.60. The molecule has 0 N–H and O–H groups in total. The summed E-state index contributed by atoms with van der Waals surface area (Å²) in [5, 5.41) is 0. The summed E-state index contributed by atoms with van der Waals surface area (Å²) in [7, 11) is 0. The number of esters is 1. The Labute approximate surface area is 139 Å². The molecule has 0 aliphatic rings. The fraction of sp³-hybridized carbons (Fsp3) is 0.294. The lowest BCUT2D eigenvalue weighted by molar-refractivity contribution is -0.139. The molecular weight excluding hydrogens is 316 g/mol. The zero-order valence-electron chi connectivity index (χ0n) is 13.3. The first-order valence-corrected chi connectivity index (χ1v) is 7.09. The van der Waals surface area contributed by atoms with E-state index in [1.54, 1.807) is 24.3 Å². The molecule has 1 aromatic carbocycles. The second-order valence-electron chi connectivity index (χ2n) is 4.39. The van der Waals surface area contributed by atoms with E-state index in [-0.39, 0.29) is 32.2 Å². The monoisotopic (exact) mass is 334 g/mol. The SMILES string of the molecule is C=C=CC(=O)OCCOC(=O)OCCOc1ccc(C(C)=O)cc1. The second kappa shape index (κ2) is 10.6. The Balaban J connectivity index is 2.11. The van der Waals surface area contributed by atoms with Gasteiger partial charge in [-0.05, 0) is 31.2 Å². The number of carbonyl (C=O) groups excluding carboxylic acids is 3. The molecule has 0 aliphatic carbocycles. The van der Waals surface area contributed by atoms with Gasteiger partial charge in [-0.1, -0.05) is 6.58 Å². The van der Waals surface area contributed by atoms with Gasteiger partial charge in [0.15, 0.2) is 5.78 Å². The van der Waals surface area contributed by atoms with Crippen LogP contribution in [-0.4, -0.2) is 44.3 Å². The Morgan fingerprint density at radius 1 is 1.00 bits per heavy atom. The van der Waals surface area contributed by atoms with Crippen LogP contribution in [0.15, 0.2) is 42.7 Å². The normalized spacial score (nSPS) is 9.38. The summed E-state index contributed by atoms with van der Waals surface area (Å²) in [6.07, 6.45) is 0.138. The highest BCUT2D eigenvalue weighted by atomic mass is 16.7. The topological polar surface area (TPSA) is 88.1 Å². The van der Waals surface area contributed by atoms with Crippen LogP contribution >= 0.6 is 0 Å². The lowest BCUT2D eigenvalue weighted by atomic mass is 10.1. The third kappa shape index (κ3) is 7.82. The van der Waals surface area contributed by atoms with Gasteiger partial charge in [-0.15, -0.1) is 5.73 Å². The Morgan fingerprint density at radius 2 is 1.58 bits per heavy atom. The second-order valence-corrected chi connectivity index (χ2v) is 4.39. The lowest BCUT2D eigenvalue weighted by Crippen LogP contribution is -2.16. The largest absolute Gasteiger partial charge is 0.508 e. The Morgan fingerprint density at radius 3 is 2.17 bits per heavy atom. The van der Waals surface area contributed by atoms with Crippen LogP contribution in [-0.2, 0) is 19.0 Å². The van der Waals surface area contributed by atoms with E-state index in [1.165, 1.54) is 6.92 Å². The van der Waals surface area contributed by atoms with Crippen molar-refractivity contribution in [3.05, 3.63) is 48.2 Å². The zero-order chi connectivity index (χ0) is 17.8. The van der Waals surface area contributed by atoms with Gasteiger partial charge >= 0.3 is 12.1 Å². The molecule has 0 atom stereocenters. The molecule has 0 spiro atoms. The fourth-order valence-electron chi connectivity index (χ4n) is 1.50. The van der Waals surface area contributed by atoms with E-state index in [0.29, 0.717) is 11.3 Å². The summed E-state index contributed by atoms with van der Waals surface area (Å²) in [4.78, 5) is 33.3. The maximum absolute atomic E-state index is 11.2. The molecule has 0 fully saturated rings. The number of benzene rings is 1. The molecule has 0 heterocycles. The Bertz CT molecular complexity index is 612. The highest BCUT2D eigenvalue weighted by molar-refractivity contribution is 5.94. The molecule has 1 aromatic rings. The number of hydrogen-bond acceptors (Lipinski definition) is 7. The van der Waals surface area contributed by atoms with Crippen LogP contribution in [0.3, 0.4) is 0 Å². The van der Waals surface area contributed by atoms with Crippen molar-refractivity contribution in [2.24, 2.45) is 0 Å². The molecule has 1 rings (SSSR count). The maximum Gasteiger partial charge on any atom is 0.508 e. The fourth-order valence-corrected chi connectivity index (χ4v) is 1.50. The van der Waals surface area contributed by atoms with E-state index in [2.05, 4.69) is 21.8 Å². The molecule has 0 bridgehead atoms. The first-order valence-electron chi connectivity index (χ1n) is 7.09. The standard InChI is InChI=1S/C17H18O7/c1-3-4-16(19)22-10-12-24-17(20)23-11-9-21-15-7-5-14(6-8-15)13(2)18/h4-8H,1,9-12H2,2H3. The molecule has 0 amide bonds. The van der Waals surface area contributed by atoms with Crippen molar-refractivity contribution in [2.45, 2.75) is 6.92 Å². The van der Waals surface area contributed by atoms with Crippen LogP contribution in [0.1, 0.15) is 17.3 Å². The molecule has 128 valence electrons. The minimum absolute atomic E-state index is 0.00766. The molecular formula is C17H18O7. The molecule has 7 heteroatoms. The minimum atomic E-state index is -0.888. The number of ether oxygens (including phenoxy) is 4. The van der Waals surface area contributed by atoms with Crippen molar-refractivity contribution < 1.29 is 33.3 Å². The van der Waals surface area contributed by atoms with Crippen molar-refractivity contribution in [1.29, 1.82) is 0 Å². The van der Waals surface area contributed by atoms with Gasteiger partial charge in [0.2, 0.25) is 0 Å². The maximum atomic E-state index is 11.2. The molecule has 0 aliphatic heterocycles. The molecule has 0 aromatic heterocycles. The van der Waals surface area contributed by atoms with E-state index >= 15 is 0 Å². The summed E-state index contributed by atoms with van der Waals surface area (Å²) in [6, 6.07) is 6.60. The van der Waals surface area contributed by atoms with Crippen molar-refractivity contribution in [3.8, 4) is 5.75 Å². The van der Waals surface area contributed by atoms with Gasteiger partial charge in [-0.25, -0.2) is 9.59 Å². The average molecular weight is 334 g/mol. The van der Waals surface area contributed by atoms with Gasteiger partial charge < -0.3 is 18.9 Å². The number of ketones is 1. The van der Waals surface area contributed by atoms with Crippen molar-refractivity contribution in [2.75, 3.05) is 26.4 Å². The molecule has 0 radical (unpaired) electrons. The number of hydrogen-bond donors (Lipinski definition) is 0. The highest BCUT2D eigenvalue weighted by Gasteiger charge is 2.05. The Hall–Kier alpha value is -3.05. The van der Waals surface area contributed by atoms with Gasteiger partial charge in [-0.3, -0.25) is 4.79 Å². The van der Waals surface area contributed by atoms with Crippen molar-refractivity contribution in [3.63, 3.8) is 0 Å². The summed E-state index contributed by atoms with van der Waals surface area (Å²) in [5.41, 5.74) is 2.85. The quantitative estimate of drug-likeness (QED) is 0.225. The van der Waals surface area contributed by atoms with E-state index in [4.69, 9.17) is 9.47 Å². The number of Topliss-reactive ketones (excluding diaryl/α,β-unsaturated/α-hetero) is 1. The summed E-state index contributed by atoms with van der Waals surface area (Å²) >= 11 is 0. The van der Waals surface area contributed by atoms with E-state index in [0.717, 1.165) is 6.08 Å². The first kappa shape index (κ1) is 19.0. The Kier molecular flexibility index (Phi) is 8.42. The predicted molar refractivity (Wildman–Crippen MR) is 83.9 cm³/mol. The van der Waals surface area contributed by atoms with Crippen molar-refractivity contribution >= 4 is 17.9 Å². The van der Waals surface area contributed by atoms with Crippen molar-refractivity contribution in [1.82, 2.24) is 0 Å². The molecule has 0 unspecified atom stereocenters. The first-order chi connectivity index (χ1) is 11.5. The van der Waals surface area contributed by atoms with Gasteiger partial charge in [0, 0.05) is 5.56 Å². The average Bonchev–Trinajstić information content (AvgIpc) is 2.56. The van der Waals surface area contributed by atoms with E-state index < -0.39 is 12.1 Å². The molecule has 0 saturated carbocycles. The van der Waals surface area contributed by atoms with E-state index in [9.17, 15) is 14.4 Å². The van der Waals surface area contributed by atoms with Crippen LogP contribution in [0, 0.1) is 0 Å². The van der Waals surface area contributed by atoms with Gasteiger partial charge in [0.05, 0.1) is 6.08 Å². The van der Waals surface area contributed by atoms with Crippen LogP contribution in [0.2, 0.25) is 0 Å².